The molecule has 0 aliphatic carbocycles. The predicted octanol–water partition coefficient (Wildman–Crippen LogP) is 1.11. The standard InChI is InChI=1S/C19H28N6OS/c20-13-16-4-5-18(22-14-16)24-9-7-23(8-10-24)6-2-1-3-17(21)19(26)25-11-12-27-15-25/h4-5,14,17H,1-3,6-12,15,21H2. The van der Waals surface area contributed by atoms with Crippen LogP contribution in [0, 0.1) is 11.3 Å². The third kappa shape index (κ3) is 5.58. The van der Waals surface area contributed by atoms with Crippen molar-refractivity contribution in [1.82, 2.24) is 14.8 Å². The minimum absolute atomic E-state index is 0.114. The van der Waals surface area contributed by atoms with E-state index in [-0.39, 0.29) is 11.9 Å². The molecule has 2 saturated heterocycles. The summed E-state index contributed by atoms with van der Waals surface area (Å²) >= 11 is 1.80. The average molecular weight is 389 g/mol. The number of carbonyl (C=O) groups excluding carboxylic acids is 1. The van der Waals surface area contributed by atoms with Crippen LogP contribution in [-0.2, 0) is 4.79 Å². The molecule has 146 valence electrons. The molecule has 27 heavy (non-hydrogen) atoms. The van der Waals surface area contributed by atoms with Gasteiger partial charge in [-0.1, -0.05) is 6.42 Å². The Morgan fingerprint density at radius 2 is 2.07 bits per heavy atom. The number of piperazine rings is 1. The number of anilines is 1. The summed E-state index contributed by atoms with van der Waals surface area (Å²) in [5.41, 5.74) is 6.67. The van der Waals surface area contributed by atoms with Gasteiger partial charge in [0.2, 0.25) is 5.91 Å². The van der Waals surface area contributed by atoms with Crippen LogP contribution in [0.3, 0.4) is 0 Å². The molecule has 0 saturated carbocycles. The van der Waals surface area contributed by atoms with Gasteiger partial charge in [-0.05, 0) is 31.5 Å². The minimum atomic E-state index is -0.344. The number of unbranched alkanes of at least 4 members (excludes halogenated alkanes) is 1. The van der Waals surface area contributed by atoms with Crippen molar-refractivity contribution in [3.05, 3.63) is 23.9 Å². The third-order valence-corrected chi connectivity index (χ3v) is 6.16. The summed E-state index contributed by atoms with van der Waals surface area (Å²) in [6.07, 6.45) is 4.47. The van der Waals surface area contributed by atoms with Crippen molar-refractivity contribution in [2.45, 2.75) is 25.3 Å². The third-order valence-electron chi connectivity index (χ3n) is 5.19. The predicted molar refractivity (Wildman–Crippen MR) is 108 cm³/mol. The highest BCUT2D eigenvalue weighted by Gasteiger charge is 2.23. The molecule has 1 aromatic rings. The number of aromatic nitrogens is 1. The first-order valence-corrected chi connectivity index (χ1v) is 10.8. The monoisotopic (exact) mass is 388 g/mol. The molecule has 0 spiro atoms. The Labute approximate surface area is 165 Å². The normalized spacial score (nSPS) is 19.1. The van der Waals surface area contributed by atoms with Gasteiger partial charge in [0.15, 0.2) is 0 Å². The van der Waals surface area contributed by atoms with Crippen LogP contribution in [0.4, 0.5) is 5.82 Å². The summed E-state index contributed by atoms with van der Waals surface area (Å²) in [6.45, 7) is 5.81. The Morgan fingerprint density at radius 1 is 1.26 bits per heavy atom. The van der Waals surface area contributed by atoms with Crippen LogP contribution >= 0.6 is 11.8 Å². The molecule has 1 amide bonds. The van der Waals surface area contributed by atoms with Crippen molar-refractivity contribution in [2.75, 3.05) is 55.8 Å². The molecule has 0 radical (unpaired) electrons. The van der Waals surface area contributed by atoms with Crippen LogP contribution in [-0.4, -0.2) is 77.6 Å². The largest absolute Gasteiger partial charge is 0.354 e. The summed E-state index contributed by atoms with van der Waals surface area (Å²) in [5.74, 6) is 2.88. The topological polar surface area (TPSA) is 89.5 Å². The first kappa shape index (κ1) is 19.9. The number of amides is 1. The minimum Gasteiger partial charge on any atom is -0.354 e. The van der Waals surface area contributed by atoms with Gasteiger partial charge in [0.1, 0.15) is 11.9 Å². The summed E-state index contributed by atoms with van der Waals surface area (Å²) in [6, 6.07) is 5.50. The molecule has 2 aliphatic rings. The maximum Gasteiger partial charge on any atom is 0.240 e. The fourth-order valence-electron chi connectivity index (χ4n) is 3.49. The van der Waals surface area contributed by atoms with Crippen molar-refractivity contribution < 1.29 is 4.79 Å². The lowest BCUT2D eigenvalue weighted by molar-refractivity contribution is -0.131. The van der Waals surface area contributed by atoms with Gasteiger partial charge in [-0.25, -0.2) is 4.98 Å². The van der Waals surface area contributed by atoms with E-state index in [1.807, 2.05) is 17.0 Å². The van der Waals surface area contributed by atoms with E-state index >= 15 is 0 Å². The first-order valence-electron chi connectivity index (χ1n) is 9.63. The van der Waals surface area contributed by atoms with Gasteiger partial charge in [-0.3, -0.25) is 9.69 Å². The van der Waals surface area contributed by atoms with Crippen LogP contribution in [0.1, 0.15) is 24.8 Å². The van der Waals surface area contributed by atoms with Crippen molar-refractivity contribution in [1.29, 1.82) is 5.26 Å². The van der Waals surface area contributed by atoms with Crippen molar-refractivity contribution in [3.8, 4) is 6.07 Å². The highest BCUT2D eigenvalue weighted by atomic mass is 32.2. The van der Waals surface area contributed by atoms with Crippen molar-refractivity contribution in [2.24, 2.45) is 5.73 Å². The van der Waals surface area contributed by atoms with Gasteiger partial charge >= 0.3 is 0 Å². The second-order valence-electron chi connectivity index (χ2n) is 7.09. The van der Waals surface area contributed by atoms with Crippen molar-refractivity contribution in [3.63, 3.8) is 0 Å². The van der Waals surface area contributed by atoms with E-state index in [4.69, 9.17) is 11.0 Å². The van der Waals surface area contributed by atoms with Crippen LogP contribution in [0.15, 0.2) is 18.3 Å². The second-order valence-corrected chi connectivity index (χ2v) is 8.16. The molecule has 2 N–H and O–H groups in total. The fourth-order valence-corrected chi connectivity index (χ4v) is 4.44. The number of nitriles is 1. The van der Waals surface area contributed by atoms with E-state index in [2.05, 4.69) is 20.9 Å². The van der Waals surface area contributed by atoms with Gasteiger partial charge in [0, 0.05) is 44.7 Å². The molecular formula is C19H28N6OS. The molecule has 0 aromatic carbocycles. The van der Waals surface area contributed by atoms with Gasteiger partial charge < -0.3 is 15.5 Å². The zero-order chi connectivity index (χ0) is 19.1. The quantitative estimate of drug-likeness (QED) is 0.700. The number of hydrogen-bond acceptors (Lipinski definition) is 7. The SMILES string of the molecule is N#Cc1ccc(N2CCN(CCCCC(N)C(=O)N3CCSC3)CC2)nc1. The Kier molecular flexibility index (Phi) is 7.33. The van der Waals surface area contributed by atoms with Crippen LogP contribution in [0.2, 0.25) is 0 Å². The smallest absolute Gasteiger partial charge is 0.240 e. The molecule has 2 aliphatic heterocycles. The molecule has 0 bridgehead atoms. The zero-order valence-electron chi connectivity index (χ0n) is 15.7. The molecule has 1 unspecified atom stereocenters. The zero-order valence-corrected chi connectivity index (χ0v) is 16.5. The van der Waals surface area contributed by atoms with Crippen LogP contribution in [0.25, 0.3) is 0 Å². The molecule has 8 heteroatoms. The molecule has 3 heterocycles. The lowest BCUT2D eigenvalue weighted by Crippen LogP contribution is -2.47. The van der Waals surface area contributed by atoms with Crippen LogP contribution in [0.5, 0.6) is 0 Å². The Morgan fingerprint density at radius 3 is 2.70 bits per heavy atom. The lowest BCUT2D eigenvalue weighted by atomic mass is 10.1. The number of thioether (sulfide) groups is 1. The van der Waals surface area contributed by atoms with Gasteiger partial charge in [-0.15, -0.1) is 11.8 Å². The van der Waals surface area contributed by atoms with E-state index in [1.165, 1.54) is 0 Å². The lowest BCUT2D eigenvalue weighted by Gasteiger charge is -2.35. The Hall–Kier alpha value is -1.82. The molecular weight excluding hydrogens is 360 g/mol. The van der Waals surface area contributed by atoms with Gasteiger partial charge in [-0.2, -0.15) is 5.26 Å². The first-order chi connectivity index (χ1) is 13.2. The van der Waals surface area contributed by atoms with Crippen molar-refractivity contribution >= 4 is 23.5 Å². The Balaban J connectivity index is 1.31. The number of pyridine rings is 1. The maximum absolute atomic E-state index is 12.2. The average Bonchev–Trinajstić information content (AvgIpc) is 3.26. The molecule has 1 aromatic heterocycles. The number of nitrogens with zero attached hydrogens (tertiary/aromatic N) is 5. The van der Waals surface area contributed by atoms with Crippen LogP contribution < -0.4 is 10.6 Å². The number of hydrogen-bond donors (Lipinski definition) is 1. The van der Waals surface area contributed by atoms with E-state index in [0.29, 0.717) is 5.56 Å². The summed E-state index contributed by atoms with van der Waals surface area (Å²) in [5, 5.41) is 8.86. The second kappa shape index (κ2) is 9.93. The van der Waals surface area contributed by atoms with Gasteiger partial charge in [0.05, 0.1) is 17.5 Å². The molecule has 3 rings (SSSR count). The summed E-state index contributed by atoms with van der Waals surface area (Å²) in [4.78, 5) is 23.2. The number of rotatable bonds is 7. The van der Waals surface area contributed by atoms with E-state index < -0.39 is 0 Å². The van der Waals surface area contributed by atoms with E-state index in [0.717, 1.165) is 76.0 Å². The fraction of sp³-hybridized carbons (Fsp3) is 0.632. The summed E-state index contributed by atoms with van der Waals surface area (Å²) < 4.78 is 0. The number of carbonyl (C=O) groups is 1. The molecule has 7 nitrogen and oxygen atoms in total. The van der Waals surface area contributed by atoms with Gasteiger partial charge in [0.25, 0.3) is 0 Å². The highest BCUT2D eigenvalue weighted by Crippen LogP contribution is 2.16. The molecule has 1 atom stereocenters. The number of nitrogens with two attached hydrogens (primary N) is 1. The summed E-state index contributed by atoms with van der Waals surface area (Å²) in [7, 11) is 0. The maximum atomic E-state index is 12.2. The van der Waals surface area contributed by atoms with E-state index in [1.54, 1.807) is 18.0 Å². The van der Waals surface area contributed by atoms with E-state index in [9.17, 15) is 4.79 Å². The highest BCUT2D eigenvalue weighted by molar-refractivity contribution is 7.99. The molecule has 2 fully saturated rings. The Bertz CT molecular complexity index is 647.